The Morgan fingerprint density at radius 3 is 2.79 bits per heavy atom. The van der Waals surface area contributed by atoms with Crippen molar-refractivity contribution in [3.05, 3.63) is 51.4 Å². The summed E-state index contributed by atoms with van der Waals surface area (Å²) in [5.74, 6) is 2.24. The van der Waals surface area contributed by atoms with E-state index in [9.17, 15) is 4.79 Å². The predicted molar refractivity (Wildman–Crippen MR) is 133 cm³/mol. The van der Waals surface area contributed by atoms with Crippen LogP contribution in [0.4, 0.5) is 5.69 Å². The van der Waals surface area contributed by atoms with E-state index in [-0.39, 0.29) is 11.8 Å². The molecule has 2 heterocycles. The maximum atomic E-state index is 12.9. The van der Waals surface area contributed by atoms with Gasteiger partial charge >= 0.3 is 0 Å². The molecular formula is C24H27IN4O4. The molecule has 1 saturated heterocycles. The van der Waals surface area contributed by atoms with E-state index < -0.39 is 0 Å². The van der Waals surface area contributed by atoms with Crippen molar-refractivity contribution in [3.8, 4) is 22.9 Å². The number of carbonyl (C=O) groups is 1. The summed E-state index contributed by atoms with van der Waals surface area (Å²) in [6.45, 7) is 4.06. The van der Waals surface area contributed by atoms with Crippen LogP contribution in [0.1, 0.15) is 24.3 Å². The van der Waals surface area contributed by atoms with Crippen LogP contribution in [0, 0.1) is 16.4 Å². The molecule has 1 amide bonds. The highest BCUT2D eigenvalue weighted by molar-refractivity contribution is 14.1. The lowest BCUT2D eigenvalue weighted by Crippen LogP contribution is -2.40. The van der Waals surface area contributed by atoms with E-state index in [1.807, 2.05) is 37.3 Å². The van der Waals surface area contributed by atoms with Gasteiger partial charge in [-0.25, -0.2) is 0 Å². The summed E-state index contributed by atoms with van der Waals surface area (Å²) >= 11 is 2.27. The smallest absolute Gasteiger partial charge is 0.241 e. The third kappa shape index (κ3) is 5.64. The number of hydrogen-bond acceptors (Lipinski definition) is 7. The monoisotopic (exact) mass is 562 g/mol. The number of carbonyl (C=O) groups excluding carboxylic acids is 1. The fourth-order valence-corrected chi connectivity index (χ4v) is 4.67. The standard InChI is InChI=1S/C24H27IN4O4/c1-15-11-18(25)7-8-19(15)26-24(30)17-5-4-10-29(13-17)14-22-27-23(28-33-22)16-6-9-20(31-2)21(12-16)32-3/h6-9,11-12,17H,4-5,10,13-14H2,1-3H3,(H,26,30). The van der Waals surface area contributed by atoms with Crippen molar-refractivity contribution in [2.24, 2.45) is 5.92 Å². The molecule has 1 aliphatic heterocycles. The van der Waals surface area contributed by atoms with Crippen LogP contribution in [0.3, 0.4) is 0 Å². The first kappa shape index (κ1) is 23.5. The number of nitrogens with one attached hydrogen (secondary N) is 1. The van der Waals surface area contributed by atoms with E-state index in [1.165, 1.54) is 0 Å². The van der Waals surface area contributed by atoms with Crippen molar-refractivity contribution in [2.75, 3.05) is 32.6 Å². The zero-order chi connectivity index (χ0) is 23.4. The molecule has 1 atom stereocenters. The quantitative estimate of drug-likeness (QED) is 0.424. The molecule has 1 unspecified atom stereocenters. The molecule has 0 bridgehead atoms. The van der Waals surface area contributed by atoms with Crippen LogP contribution >= 0.6 is 22.6 Å². The molecular weight excluding hydrogens is 535 g/mol. The summed E-state index contributed by atoms with van der Waals surface area (Å²) in [5.41, 5.74) is 2.72. The van der Waals surface area contributed by atoms with E-state index in [4.69, 9.17) is 14.0 Å². The van der Waals surface area contributed by atoms with Gasteiger partial charge in [0.1, 0.15) is 0 Å². The van der Waals surface area contributed by atoms with Crippen LogP contribution in [0.25, 0.3) is 11.4 Å². The van der Waals surface area contributed by atoms with Gasteiger partial charge in [-0.1, -0.05) is 5.16 Å². The Kier molecular flexibility index (Phi) is 7.49. The predicted octanol–water partition coefficient (Wildman–Crippen LogP) is 4.52. The largest absolute Gasteiger partial charge is 0.493 e. The fraction of sp³-hybridized carbons (Fsp3) is 0.375. The third-order valence-electron chi connectivity index (χ3n) is 5.79. The molecule has 33 heavy (non-hydrogen) atoms. The molecule has 174 valence electrons. The van der Waals surface area contributed by atoms with Gasteiger partial charge in [0.05, 0.1) is 26.7 Å². The van der Waals surface area contributed by atoms with Crippen LogP contribution in [-0.4, -0.2) is 48.3 Å². The molecule has 3 aromatic rings. The number of piperidine rings is 1. The first-order chi connectivity index (χ1) is 16.0. The summed E-state index contributed by atoms with van der Waals surface area (Å²) in [5, 5.41) is 7.22. The Bertz CT molecular complexity index is 1130. The molecule has 1 aliphatic rings. The fourth-order valence-electron chi connectivity index (χ4n) is 4.02. The number of amides is 1. The van der Waals surface area contributed by atoms with Gasteiger partial charge in [0, 0.05) is 21.4 Å². The van der Waals surface area contributed by atoms with E-state index in [2.05, 4.69) is 49.0 Å². The van der Waals surface area contributed by atoms with Crippen molar-refractivity contribution in [2.45, 2.75) is 26.3 Å². The van der Waals surface area contributed by atoms with Crippen LogP contribution < -0.4 is 14.8 Å². The molecule has 0 saturated carbocycles. The summed E-state index contributed by atoms with van der Waals surface area (Å²) in [7, 11) is 3.18. The summed E-state index contributed by atoms with van der Waals surface area (Å²) in [6.07, 6.45) is 1.81. The zero-order valence-electron chi connectivity index (χ0n) is 18.9. The molecule has 8 nitrogen and oxygen atoms in total. The first-order valence-electron chi connectivity index (χ1n) is 10.8. The first-order valence-corrected chi connectivity index (χ1v) is 11.9. The number of methoxy groups -OCH3 is 2. The van der Waals surface area contributed by atoms with Crippen LogP contribution in [0.5, 0.6) is 11.5 Å². The molecule has 1 aromatic heterocycles. The Morgan fingerprint density at radius 1 is 1.21 bits per heavy atom. The van der Waals surface area contributed by atoms with Crippen LogP contribution in [0.15, 0.2) is 40.9 Å². The average Bonchev–Trinajstić information content (AvgIpc) is 3.29. The van der Waals surface area contributed by atoms with Gasteiger partial charge in [-0.05, 0) is 90.9 Å². The van der Waals surface area contributed by atoms with Gasteiger partial charge in [0.25, 0.3) is 0 Å². The molecule has 1 N–H and O–H groups in total. The van der Waals surface area contributed by atoms with Gasteiger partial charge in [0.15, 0.2) is 11.5 Å². The molecule has 4 rings (SSSR count). The SMILES string of the molecule is COc1ccc(-c2noc(CN3CCCC(C(=O)Nc4ccc(I)cc4C)C3)n2)cc1OC. The lowest BCUT2D eigenvalue weighted by atomic mass is 9.97. The minimum absolute atomic E-state index is 0.0561. The number of rotatable bonds is 7. The Labute approximate surface area is 206 Å². The van der Waals surface area contributed by atoms with E-state index in [1.54, 1.807) is 14.2 Å². The van der Waals surface area contributed by atoms with E-state index in [0.29, 0.717) is 36.3 Å². The van der Waals surface area contributed by atoms with Gasteiger partial charge in [-0.3, -0.25) is 9.69 Å². The number of ether oxygens (including phenoxy) is 2. The van der Waals surface area contributed by atoms with Gasteiger partial charge in [0.2, 0.25) is 17.6 Å². The van der Waals surface area contributed by atoms with Crippen molar-refractivity contribution in [1.29, 1.82) is 0 Å². The van der Waals surface area contributed by atoms with Crippen molar-refractivity contribution in [1.82, 2.24) is 15.0 Å². The van der Waals surface area contributed by atoms with Gasteiger partial charge in [-0.2, -0.15) is 4.98 Å². The number of aromatic nitrogens is 2. The molecule has 2 aromatic carbocycles. The normalized spacial score (nSPS) is 16.4. The minimum Gasteiger partial charge on any atom is -0.493 e. The summed E-state index contributed by atoms with van der Waals surface area (Å²) in [4.78, 5) is 19.6. The van der Waals surface area contributed by atoms with Crippen molar-refractivity contribution < 1.29 is 18.8 Å². The van der Waals surface area contributed by atoms with Crippen LogP contribution in [-0.2, 0) is 11.3 Å². The minimum atomic E-state index is -0.0781. The molecule has 1 fully saturated rings. The van der Waals surface area contributed by atoms with Gasteiger partial charge < -0.3 is 19.3 Å². The van der Waals surface area contributed by atoms with Gasteiger partial charge in [-0.15, -0.1) is 0 Å². The number of hydrogen-bond donors (Lipinski definition) is 1. The Balaban J connectivity index is 1.39. The Morgan fingerprint density at radius 2 is 2.03 bits per heavy atom. The maximum Gasteiger partial charge on any atom is 0.241 e. The lowest BCUT2D eigenvalue weighted by molar-refractivity contribution is -0.121. The zero-order valence-corrected chi connectivity index (χ0v) is 21.1. The van der Waals surface area contributed by atoms with E-state index >= 15 is 0 Å². The van der Waals surface area contributed by atoms with Crippen molar-refractivity contribution >= 4 is 34.2 Å². The second-order valence-electron chi connectivity index (χ2n) is 8.10. The van der Waals surface area contributed by atoms with Crippen molar-refractivity contribution in [3.63, 3.8) is 0 Å². The number of anilines is 1. The number of aryl methyl sites for hydroxylation is 1. The molecule has 0 spiro atoms. The number of benzene rings is 2. The van der Waals surface area contributed by atoms with E-state index in [0.717, 1.165) is 39.8 Å². The van der Waals surface area contributed by atoms with Crippen LogP contribution in [0.2, 0.25) is 0 Å². The highest BCUT2D eigenvalue weighted by Crippen LogP contribution is 2.31. The molecule has 0 radical (unpaired) electrons. The Hall–Kier alpha value is -2.66. The third-order valence-corrected chi connectivity index (χ3v) is 6.46. The summed E-state index contributed by atoms with van der Waals surface area (Å²) in [6, 6.07) is 11.5. The number of halogens is 1. The second kappa shape index (κ2) is 10.5. The highest BCUT2D eigenvalue weighted by atomic mass is 127. The maximum absolute atomic E-state index is 12.9. The number of likely N-dealkylation sites (tertiary alicyclic amines) is 1. The second-order valence-corrected chi connectivity index (χ2v) is 9.35. The molecule has 9 heteroatoms. The highest BCUT2D eigenvalue weighted by Gasteiger charge is 2.27. The molecule has 0 aliphatic carbocycles. The number of nitrogens with zero attached hydrogens (tertiary/aromatic N) is 3. The topological polar surface area (TPSA) is 89.7 Å². The average molecular weight is 562 g/mol. The summed E-state index contributed by atoms with van der Waals surface area (Å²) < 4.78 is 17.3. The lowest BCUT2D eigenvalue weighted by Gasteiger charge is -2.31.